The number of carboxylic acids is 1. The van der Waals surface area contributed by atoms with Crippen molar-refractivity contribution in [2.24, 2.45) is 0 Å². The fourth-order valence-corrected chi connectivity index (χ4v) is 1.80. The predicted octanol–water partition coefficient (Wildman–Crippen LogP) is 2.35. The van der Waals surface area contributed by atoms with E-state index in [1.165, 1.54) is 0 Å². The predicted molar refractivity (Wildman–Crippen MR) is 70.9 cm³/mol. The van der Waals surface area contributed by atoms with E-state index in [9.17, 15) is 4.79 Å². The highest BCUT2D eigenvalue weighted by Gasteiger charge is 2.19. The molecule has 4 heteroatoms. The van der Waals surface area contributed by atoms with E-state index in [2.05, 4.69) is 5.32 Å². The second kappa shape index (κ2) is 7.01. The number of nitrogens with one attached hydrogen (secondary N) is 1. The minimum atomic E-state index is -0.909. The molecule has 1 rings (SSSR count). The lowest BCUT2D eigenvalue weighted by atomic mass is 10.1. The number of rotatable bonds is 7. The molecular weight excluding hydrogens is 230 g/mol. The molecule has 1 unspecified atom stereocenters. The molecular formula is C14H21NO3. The van der Waals surface area contributed by atoms with Gasteiger partial charge in [0, 0.05) is 12.1 Å². The summed E-state index contributed by atoms with van der Waals surface area (Å²) >= 11 is 0. The van der Waals surface area contributed by atoms with Gasteiger partial charge in [-0.15, -0.1) is 0 Å². The molecule has 0 spiro atoms. The lowest BCUT2D eigenvalue weighted by Crippen LogP contribution is -2.27. The van der Waals surface area contributed by atoms with Crippen molar-refractivity contribution in [2.75, 3.05) is 7.05 Å². The zero-order valence-corrected chi connectivity index (χ0v) is 11.2. The molecule has 0 fully saturated rings. The van der Waals surface area contributed by atoms with E-state index < -0.39 is 12.1 Å². The highest BCUT2D eigenvalue weighted by Crippen LogP contribution is 2.22. The Kier molecular flexibility index (Phi) is 5.65. The maximum Gasteiger partial charge on any atom is 0.344 e. The molecule has 4 nitrogen and oxygen atoms in total. The Labute approximate surface area is 108 Å². The number of aryl methyl sites for hydroxylation is 1. The number of aliphatic carboxylic acids is 1. The van der Waals surface area contributed by atoms with Crippen molar-refractivity contribution in [2.45, 2.75) is 39.3 Å². The van der Waals surface area contributed by atoms with Crippen molar-refractivity contribution in [1.29, 1.82) is 0 Å². The lowest BCUT2D eigenvalue weighted by molar-refractivity contribution is -0.145. The van der Waals surface area contributed by atoms with E-state index in [1.807, 2.05) is 39.1 Å². The van der Waals surface area contributed by atoms with Crippen LogP contribution in [0.15, 0.2) is 18.2 Å². The van der Waals surface area contributed by atoms with Gasteiger partial charge in [-0.25, -0.2) is 4.79 Å². The third-order valence-corrected chi connectivity index (χ3v) is 2.68. The van der Waals surface area contributed by atoms with Crippen LogP contribution < -0.4 is 10.1 Å². The summed E-state index contributed by atoms with van der Waals surface area (Å²) in [4.78, 5) is 11.1. The molecule has 1 aromatic carbocycles. The highest BCUT2D eigenvalue weighted by atomic mass is 16.5. The Hall–Kier alpha value is -1.55. The van der Waals surface area contributed by atoms with Gasteiger partial charge < -0.3 is 15.2 Å². The first-order chi connectivity index (χ1) is 8.58. The fraction of sp³-hybridized carbons (Fsp3) is 0.500. The number of hydrogen-bond donors (Lipinski definition) is 2. The van der Waals surface area contributed by atoms with Crippen LogP contribution in [0.5, 0.6) is 5.75 Å². The van der Waals surface area contributed by atoms with Crippen LogP contribution >= 0.6 is 0 Å². The van der Waals surface area contributed by atoms with Gasteiger partial charge in [0.25, 0.3) is 0 Å². The zero-order chi connectivity index (χ0) is 13.5. The molecule has 0 saturated carbocycles. The molecule has 2 N–H and O–H groups in total. The van der Waals surface area contributed by atoms with Gasteiger partial charge >= 0.3 is 5.97 Å². The third kappa shape index (κ3) is 4.04. The fourth-order valence-electron chi connectivity index (χ4n) is 1.80. The monoisotopic (exact) mass is 251 g/mol. The van der Waals surface area contributed by atoms with Gasteiger partial charge in [0.1, 0.15) is 5.75 Å². The average Bonchev–Trinajstić information content (AvgIpc) is 2.31. The van der Waals surface area contributed by atoms with Gasteiger partial charge in [-0.05, 0) is 26.5 Å². The summed E-state index contributed by atoms with van der Waals surface area (Å²) in [6.07, 6.45) is 0.528. The van der Waals surface area contributed by atoms with Crippen LogP contribution in [0.3, 0.4) is 0 Å². The van der Waals surface area contributed by atoms with E-state index in [0.717, 1.165) is 17.5 Å². The molecule has 0 saturated heterocycles. The van der Waals surface area contributed by atoms with Crippen molar-refractivity contribution >= 4 is 5.97 Å². The normalized spacial score (nSPS) is 12.2. The van der Waals surface area contributed by atoms with Crippen molar-refractivity contribution < 1.29 is 14.6 Å². The number of carbonyl (C=O) groups is 1. The Morgan fingerprint density at radius 2 is 2.22 bits per heavy atom. The number of ether oxygens (including phenoxy) is 1. The number of benzene rings is 1. The highest BCUT2D eigenvalue weighted by molar-refractivity contribution is 5.72. The van der Waals surface area contributed by atoms with E-state index in [4.69, 9.17) is 9.84 Å². The van der Waals surface area contributed by atoms with Gasteiger partial charge in [-0.3, -0.25) is 0 Å². The van der Waals surface area contributed by atoms with Gasteiger partial charge in [0.2, 0.25) is 0 Å². The van der Waals surface area contributed by atoms with Crippen LogP contribution in [0.4, 0.5) is 0 Å². The SMILES string of the molecule is CCCC(Oc1ccc(C)cc1CNC)C(=O)O. The smallest absolute Gasteiger partial charge is 0.344 e. The summed E-state index contributed by atoms with van der Waals surface area (Å²) in [7, 11) is 1.85. The summed E-state index contributed by atoms with van der Waals surface area (Å²) in [5.41, 5.74) is 2.12. The summed E-state index contributed by atoms with van der Waals surface area (Å²) in [6, 6.07) is 5.78. The summed E-state index contributed by atoms with van der Waals surface area (Å²) in [5.74, 6) is -0.261. The molecule has 1 aromatic rings. The largest absolute Gasteiger partial charge is 0.479 e. The van der Waals surface area contributed by atoms with Crippen LogP contribution in [0.1, 0.15) is 30.9 Å². The van der Waals surface area contributed by atoms with Gasteiger partial charge in [0.15, 0.2) is 6.10 Å². The zero-order valence-electron chi connectivity index (χ0n) is 11.2. The van der Waals surface area contributed by atoms with Gasteiger partial charge in [-0.1, -0.05) is 31.0 Å². The van der Waals surface area contributed by atoms with Crippen molar-refractivity contribution in [3.05, 3.63) is 29.3 Å². The molecule has 100 valence electrons. The quantitative estimate of drug-likeness (QED) is 0.781. The second-order valence-electron chi connectivity index (χ2n) is 4.37. The van der Waals surface area contributed by atoms with Crippen LogP contribution in [0, 0.1) is 6.92 Å². The molecule has 0 aliphatic carbocycles. The molecule has 0 amide bonds. The van der Waals surface area contributed by atoms with Gasteiger partial charge in [0.05, 0.1) is 0 Å². The standard InChI is InChI=1S/C14H21NO3/c1-4-5-13(14(16)17)18-12-7-6-10(2)8-11(12)9-15-3/h6-8,13,15H,4-5,9H2,1-3H3,(H,16,17). The topological polar surface area (TPSA) is 58.6 Å². The maximum atomic E-state index is 11.1. The van der Waals surface area contributed by atoms with Crippen LogP contribution in [-0.4, -0.2) is 24.2 Å². The van der Waals surface area contributed by atoms with E-state index in [1.54, 1.807) is 0 Å². The first-order valence-corrected chi connectivity index (χ1v) is 6.22. The lowest BCUT2D eigenvalue weighted by Gasteiger charge is -2.17. The first-order valence-electron chi connectivity index (χ1n) is 6.22. The summed E-state index contributed by atoms with van der Waals surface area (Å²) in [6.45, 7) is 4.61. The maximum absolute atomic E-state index is 11.1. The number of carboxylic acid groups (broad SMARTS) is 1. The van der Waals surface area contributed by atoms with Crippen LogP contribution in [0.25, 0.3) is 0 Å². The number of hydrogen-bond acceptors (Lipinski definition) is 3. The van der Waals surface area contributed by atoms with Crippen molar-refractivity contribution in [1.82, 2.24) is 5.32 Å². The Balaban J connectivity index is 2.90. The van der Waals surface area contributed by atoms with Crippen molar-refractivity contribution in [3.63, 3.8) is 0 Å². The average molecular weight is 251 g/mol. The molecule has 0 radical (unpaired) electrons. The van der Waals surface area contributed by atoms with Crippen LogP contribution in [-0.2, 0) is 11.3 Å². The Morgan fingerprint density at radius 3 is 2.78 bits per heavy atom. The minimum absolute atomic E-state index is 0.516. The molecule has 0 bridgehead atoms. The first kappa shape index (κ1) is 14.5. The van der Waals surface area contributed by atoms with Crippen LogP contribution in [0.2, 0.25) is 0 Å². The molecule has 0 aromatic heterocycles. The molecule has 0 heterocycles. The van der Waals surface area contributed by atoms with E-state index in [-0.39, 0.29) is 0 Å². The summed E-state index contributed by atoms with van der Waals surface area (Å²) < 4.78 is 5.62. The summed E-state index contributed by atoms with van der Waals surface area (Å²) in [5, 5.41) is 12.2. The third-order valence-electron chi connectivity index (χ3n) is 2.68. The molecule has 0 aliphatic rings. The second-order valence-corrected chi connectivity index (χ2v) is 4.37. The molecule has 0 aliphatic heterocycles. The Morgan fingerprint density at radius 1 is 1.50 bits per heavy atom. The van der Waals surface area contributed by atoms with Gasteiger partial charge in [-0.2, -0.15) is 0 Å². The van der Waals surface area contributed by atoms with E-state index in [0.29, 0.717) is 18.7 Å². The van der Waals surface area contributed by atoms with Crippen molar-refractivity contribution in [3.8, 4) is 5.75 Å². The minimum Gasteiger partial charge on any atom is -0.479 e. The Bertz CT molecular complexity index is 404. The molecule has 1 atom stereocenters. The molecule has 18 heavy (non-hydrogen) atoms. The van der Waals surface area contributed by atoms with E-state index >= 15 is 0 Å².